The Balaban J connectivity index is 1.98. The number of nitrogens with zero attached hydrogens (tertiary/aromatic N) is 1. The van der Waals surface area contributed by atoms with E-state index in [1.54, 1.807) is 0 Å². The molecule has 0 amide bonds. The summed E-state index contributed by atoms with van der Waals surface area (Å²) in [5, 5.41) is 3.33. The van der Waals surface area contributed by atoms with Crippen LogP contribution in [0.2, 0.25) is 0 Å². The Morgan fingerprint density at radius 1 is 0.960 bits per heavy atom. The van der Waals surface area contributed by atoms with Crippen LogP contribution in [-0.4, -0.2) is 9.97 Å². The molecule has 0 fully saturated rings. The summed E-state index contributed by atoms with van der Waals surface area (Å²) in [5.41, 5.74) is 6.64. The Bertz CT molecular complexity index is 1110. The largest absolute Gasteiger partial charge is 0.396 e. The number of aromatic nitrogens is 2. The van der Waals surface area contributed by atoms with Crippen molar-refractivity contribution in [3.8, 4) is 0 Å². The molecule has 2 aromatic carbocycles. The lowest BCUT2D eigenvalue weighted by atomic mass is 10.1. The van der Waals surface area contributed by atoms with Gasteiger partial charge in [0, 0.05) is 23.0 Å². The molecule has 4 N–H and O–H groups in total. The lowest BCUT2D eigenvalue weighted by molar-refractivity contribution is 0.549. The zero-order valence-electron chi connectivity index (χ0n) is 12.5. The Morgan fingerprint density at radius 2 is 1.68 bits per heavy atom. The zero-order valence-corrected chi connectivity index (χ0v) is 12.5. The van der Waals surface area contributed by atoms with E-state index in [4.69, 9.17) is 5.73 Å². The van der Waals surface area contributed by atoms with Crippen molar-refractivity contribution in [1.82, 2.24) is 9.97 Å². The van der Waals surface area contributed by atoms with Crippen LogP contribution in [0.4, 0.5) is 34.8 Å². The van der Waals surface area contributed by atoms with Crippen LogP contribution in [0.5, 0.6) is 0 Å². The molecule has 4 aromatic rings. The number of rotatable bonds is 2. The van der Waals surface area contributed by atoms with Crippen LogP contribution < -0.4 is 11.1 Å². The van der Waals surface area contributed by atoms with Crippen molar-refractivity contribution in [3.05, 3.63) is 59.8 Å². The molecule has 0 atom stereocenters. The van der Waals surface area contributed by atoms with Crippen molar-refractivity contribution in [2.45, 2.75) is 0 Å². The monoisotopic (exact) mass is 346 g/mol. The molecule has 4 nitrogen and oxygen atoms in total. The van der Waals surface area contributed by atoms with Gasteiger partial charge < -0.3 is 16.0 Å². The Hall–Kier alpha value is -3.29. The van der Waals surface area contributed by atoms with Gasteiger partial charge in [0.2, 0.25) is 0 Å². The van der Waals surface area contributed by atoms with Crippen molar-refractivity contribution in [2.75, 3.05) is 11.1 Å². The minimum absolute atomic E-state index is 0.0606. The van der Waals surface area contributed by atoms with E-state index in [0.717, 1.165) is 0 Å². The fraction of sp³-hybridized carbons (Fsp3) is 0. The van der Waals surface area contributed by atoms with Gasteiger partial charge in [0.1, 0.15) is 23.1 Å². The van der Waals surface area contributed by atoms with Crippen LogP contribution in [0.1, 0.15) is 0 Å². The van der Waals surface area contributed by atoms with Crippen molar-refractivity contribution in [3.63, 3.8) is 0 Å². The summed E-state index contributed by atoms with van der Waals surface area (Å²) in [6, 6.07) is 5.15. The highest BCUT2D eigenvalue weighted by Gasteiger charge is 2.17. The summed E-state index contributed by atoms with van der Waals surface area (Å²) in [6.45, 7) is 0. The van der Waals surface area contributed by atoms with Gasteiger partial charge in [-0.15, -0.1) is 0 Å². The van der Waals surface area contributed by atoms with Crippen LogP contribution in [0.15, 0.2) is 36.5 Å². The van der Waals surface area contributed by atoms with Crippen molar-refractivity contribution in [2.24, 2.45) is 0 Å². The van der Waals surface area contributed by atoms with Crippen molar-refractivity contribution in [1.29, 1.82) is 0 Å². The number of H-pyrrole nitrogens is 1. The first-order valence-corrected chi connectivity index (χ1v) is 7.21. The van der Waals surface area contributed by atoms with E-state index in [-0.39, 0.29) is 11.5 Å². The van der Waals surface area contributed by atoms with E-state index in [0.29, 0.717) is 33.9 Å². The molecule has 126 valence electrons. The second kappa shape index (κ2) is 5.37. The third-order valence-electron chi connectivity index (χ3n) is 3.87. The van der Waals surface area contributed by atoms with Gasteiger partial charge in [0.15, 0.2) is 11.6 Å². The molecule has 2 aromatic heterocycles. The van der Waals surface area contributed by atoms with Gasteiger partial charge in [-0.05, 0) is 18.2 Å². The first-order valence-electron chi connectivity index (χ1n) is 7.21. The predicted molar refractivity (Wildman–Crippen MR) is 87.6 cm³/mol. The fourth-order valence-corrected chi connectivity index (χ4v) is 2.76. The smallest absolute Gasteiger partial charge is 0.152 e. The average molecular weight is 346 g/mol. The number of halogens is 4. The van der Waals surface area contributed by atoms with E-state index < -0.39 is 29.0 Å². The molecular formula is C17H10F4N4. The van der Waals surface area contributed by atoms with E-state index in [9.17, 15) is 17.6 Å². The van der Waals surface area contributed by atoms with Gasteiger partial charge in [-0.3, -0.25) is 0 Å². The minimum atomic E-state index is -1.12. The van der Waals surface area contributed by atoms with Crippen LogP contribution in [0, 0.1) is 23.3 Å². The van der Waals surface area contributed by atoms with Crippen molar-refractivity contribution >= 4 is 39.0 Å². The summed E-state index contributed by atoms with van der Waals surface area (Å²) in [6.07, 6.45) is 1.30. The van der Waals surface area contributed by atoms with Gasteiger partial charge in [-0.25, -0.2) is 22.5 Å². The standard InChI is InChI=1S/C17H10F4N4/c18-7-1-2-13-9(3-7)14-16(24-13)12(22)6-23-17(14)25-15-10(20)4-8(19)5-11(15)21/h1-6,24H,22H2,(H,23,25). The van der Waals surface area contributed by atoms with E-state index in [2.05, 4.69) is 15.3 Å². The average Bonchev–Trinajstić information content (AvgIpc) is 2.92. The molecule has 0 saturated carbocycles. The topological polar surface area (TPSA) is 66.7 Å². The highest BCUT2D eigenvalue weighted by Crippen LogP contribution is 2.36. The molecule has 0 aliphatic carbocycles. The SMILES string of the molecule is Nc1cnc(Nc2c(F)cc(F)cc2F)c2c1[nH]c1ccc(F)cc12. The number of nitrogens with one attached hydrogen (secondary N) is 2. The molecule has 0 spiro atoms. The summed E-state index contributed by atoms with van der Waals surface area (Å²) in [7, 11) is 0. The molecule has 25 heavy (non-hydrogen) atoms. The van der Waals surface area contributed by atoms with Gasteiger partial charge in [-0.1, -0.05) is 0 Å². The number of hydrogen-bond acceptors (Lipinski definition) is 3. The zero-order chi connectivity index (χ0) is 17.7. The molecule has 2 heterocycles. The third kappa shape index (κ3) is 2.42. The number of benzene rings is 2. The predicted octanol–water partition coefficient (Wildman–Crippen LogP) is 4.60. The minimum Gasteiger partial charge on any atom is -0.396 e. The van der Waals surface area contributed by atoms with E-state index >= 15 is 0 Å². The molecule has 0 aliphatic heterocycles. The number of nitrogen functional groups attached to an aromatic ring is 1. The lowest BCUT2D eigenvalue weighted by Gasteiger charge is -2.10. The maximum atomic E-state index is 13.9. The molecular weight excluding hydrogens is 336 g/mol. The number of fused-ring (bicyclic) bond motifs is 3. The van der Waals surface area contributed by atoms with Crippen LogP contribution >= 0.6 is 0 Å². The Labute approximate surface area is 138 Å². The first kappa shape index (κ1) is 15.3. The summed E-state index contributed by atoms with van der Waals surface area (Å²) in [4.78, 5) is 7.07. The maximum absolute atomic E-state index is 13.9. The number of nitrogens with two attached hydrogens (primary N) is 1. The molecule has 0 bridgehead atoms. The van der Waals surface area contributed by atoms with Crippen LogP contribution in [0.25, 0.3) is 21.8 Å². The van der Waals surface area contributed by atoms with E-state index in [1.807, 2.05) is 0 Å². The lowest BCUT2D eigenvalue weighted by Crippen LogP contribution is -2.02. The van der Waals surface area contributed by atoms with Gasteiger partial charge in [-0.2, -0.15) is 0 Å². The maximum Gasteiger partial charge on any atom is 0.152 e. The molecule has 0 radical (unpaired) electrons. The molecule has 4 rings (SSSR count). The van der Waals surface area contributed by atoms with Gasteiger partial charge >= 0.3 is 0 Å². The van der Waals surface area contributed by atoms with Gasteiger partial charge in [0.05, 0.1) is 22.8 Å². The fourth-order valence-electron chi connectivity index (χ4n) is 2.76. The summed E-state index contributed by atoms with van der Waals surface area (Å²) in [5.74, 6) is -3.69. The highest BCUT2D eigenvalue weighted by molar-refractivity contribution is 6.15. The normalized spacial score (nSPS) is 11.4. The van der Waals surface area contributed by atoms with E-state index in [1.165, 1.54) is 24.4 Å². The first-order chi connectivity index (χ1) is 11.9. The second-order valence-electron chi connectivity index (χ2n) is 5.50. The second-order valence-corrected chi connectivity index (χ2v) is 5.50. The third-order valence-corrected chi connectivity index (χ3v) is 3.87. The Morgan fingerprint density at radius 3 is 2.40 bits per heavy atom. The highest BCUT2D eigenvalue weighted by atomic mass is 19.1. The van der Waals surface area contributed by atoms with Gasteiger partial charge in [0.25, 0.3) is 0 Å². The van der Waals surface area contributed by atoms with Crippen LogP contribution in [0.3, 0.4) is 0 Å². The number of anilines is 3. The molecule has 0 unspecified atom stereocenters. The van der Waals surface area contributed by atoms with Crippen LogP contribution in [-0.2, 0) is 0 Å². The Kier molecular flexibility index (Phi) is 3.28. The molecule has 8 heteroatoms. The number of hydrogen-bond donors (Lipinski definition) is 3. The molecule has 0 aliphatic rings. The number of aromatic amines is 1. The summed E-state index contributed by atoms with van der Waals surface area (Å²) < 4.78 is 54.5. The van der Waals surface area contributed by atoms with Crippen molar-refractivity contribution < 1.29 is 17.6 Å². The quantitative estimate of drug-likeness (QED) is 0.465. The number of pyridine rings is 1. The summed E-state index contributed by atoms with van der Waals surface area (Å²) >= 11 is 0. The molecule has 0 saturated heterocycles.